The van der Waals surface area contributed by atoms with Crippen LogP contribution in [0.15, 0.2) is 24.5 Å². The largest absolute Gasteiger partial charge is 0.350 e. The van der Waals surface area contributed by atoms with Gasteiger partial charge in [0.15, 0.2) is 0 Å². The summed E-state index contributed by atoms with van der Waals surface area (Å²) < 4.78 is 0. The third-order valence-corrected chi connectivity index (χ3v) is 2.92. The summed E-state index contributed by atoms with van der Waals surface area (Å²) in [7, 11) is 0. The molecule has 16 heavy (non-hydrogen) atoms. The quantitative estimate of drug-likeness (QED) is 0.790. The molecule has 4 heteroatoms. The van der Waals surface area contributed by atoms with Gasteiger partial charge in [-0.05, 0) is 43.6 Å². The van der Waals surface area contributed by atoms with Crippen LogP contribution in [-0.4, -0.2) is 24.0 Å². The molecule has 1 fully saturated rings. The number of hydrogen-bond acceptors (Lipinski definition) is 3. The molecule has 4 nitrogen and oxygen atoms in total. The summed E-state index contributed by atoms with van der Waals surface area (Å²) in [4.78, 5) is 15.6. The fraction of sp³-hybridized carbons (Fsp3) is 0.500. The molecule has 1 aliphatic rings. The van der Waals surface area contributed by atoms with Gasteiger partial charge >= 0.3 is 0 Å². The van der Waals surface area contributed by atoms with Crippen LogP contribution in [0.4, 0.5) is 0 Å². The van der Waals surface area contributed by atoms with E-state index in [2.05, 4.69) is 15.6 Å². The Morgan fingerprint density at radius 2 is 2.25 bits per heavy atom. The van der Waals surface area contributed by atoms with E-state index in [1.165, 1.54) is 0 Å². The molecule has 1 saturated heterocycles. The summed E-state index contributed by atoms with van der Waals surface area (Å²) in [6, 6.07) is 3.91. The van der Waals surface area contributed by atoms with Crippen LogP contribution < -0.4 is 10.6 Å². The van der Waals surface area contributed by atoms with Crippen molar-refractivity contribution >= 4 is 5.91 Å². The lowest BCUT2D eigenvalue weighted by molar-refractivity contribution is -0.123. The van der Waals surface area contributed by atoms with E-state index in [1.807, 2.05) is 19.1 Å². The molecule has 0 saturated carbocycles. The van der Waals surface area contributed by atoms with Crippen molar-refractivity contribution in [3.8, 4) is 0 Å². The van der Waals surface area contributed by atoms with E-state index < -0.39 is 0 Å². The third-order valence-electron chi connectivity index (χ3n) is 2.92. The Bertz CT molecular complexity index is 349. The molecule has 1 atom stereocenters. The van der Waals surface area contributed by atoms with E-state index in [0.717, 1.165) is 18.7 Å². The fourth-order valence-corrected chi connectivity index (χ4v) is 1.79. The Morgan fingerprint density at radius 3 is 2.81 bits per heavy atom. The zero-order valence-corrected chi connectivity index (χ0v) is 9.44. The van der Waals surface area contributed by atoms with Gasteiger partial charge in [0.25, 0.3) is 0 Å². The lowest BCUT2D eigenvalue weighted by Crippen LogP contribution is -2.44. The fourth-order valence-electron chi connectivity index (χ4n) is 1.79. The zero-order chi connectivity index (χ0) is 11.4. The summed E-state index contributed by atoms with van der Waals surface area (Å²) in [6.45, 7) is 3.93. The van der Waals surface area contributed by atoms with Gasteiger partial charge in [0.2, 0.25) is 5.91 Å². The molecule has 1 unspecified atom stereocenters. The minimum atomic E-state index is 0.0588. The zero-order valence-electron chi connectivity index (χ0n) is 9.44. The molecule has 2 rings (SSSR count). The van der Waals surface area contributed by atoms with Crippen LogP contribution in [0.1, 0.15) is 24.9 Å². The van der Waals surface area contributed by atoms with Crippen molar-refractivity contribution < 1.29 is 4.79 Å². The number of amides is 1. The van der Waals surface area contributed by atoms with Gasteiger partial charge in [-0.15, -0.1) is 0 Å². The first-order valence-electron chi connectivity index (χ1n) is 5.65. The highest BCUT2D eigenvalue weighted by molar-refractivity contribution is 5.76. The third kappa shape index (κ3) is 2.79. The topological polar surface area (TPSA) is 54.0 Å². The second-order valence-electron chi connectivity index (χ2n) is 4.30. The number of hydrogen-bond donors (Lipinski definition) is 2. The lowest BCUT2D eigenvalue weighted by Gasteiger charge is -2.27. The molecule has 1 amide bonds. The molecule has 0 radical (unpaired) electrons. The number of nitrogens with one attached hydrogen (secondary N) is 2. The molecule has 1 aromatic rings. The van der Waals surface area contributed by atoms with Gasteiger partial charge in [-0.3, -0.25) is 9.78 Å². The van der Waals surface area contributed by atoms with Crippen molar-refractivity contribution in [3.63, 3.8) is 0 Å². The first kappa shape index (κ1) is 11.1. The molecule has 0 aromatic carbocycles. The highest BCUT2D eigenvalue weighted by Gasteiger charge is 2.20. The number of rotatable bonds is 4. The van der Waals surface area contributed by atoms with Crippen molar-refractivity contribution in [1.82, 2.24) is 15.6 Å². The van der Waals surface area contributed by atoms with Crippen LogP contribution in [0.25, 0.3) is 0 Å². The van der Waals surface area contributed by atoms with Crippen LogP contribution >= 0.6 is 0 Å². The molecule has 1 aliphatic heterocycles. The smallest absolute Gasteiger partial charge is 0.220 e. The van der Waals surface area contributed by atoms with E-state index in [-0.39, 0.29) is 11.9 Å². The second kappa shape index (κ2) is 5.07. The second-order valence-corrected chi connectivity index (χ2v) is 4.30. The number of nitrogens with zero attached hydrogens (tertiary/aromatic N) is 1. The minimum Gasteiger partial charge on any atom is -0.350 e. The average molecular weight is 219 g/mol. The first-order valence-corrected chi connectivity index (χ1v) is 5.65. The van der Waals surface area contributed by atoms with Gasteiger partial charge in [0.1, 0.15) is 0 Å². The Balaban J connectivity index is 1.82. The van der Waals surface area contributed by atoms with E-state index in [9.17, 15) is 4.79 Å². The minimum absolute atomic E-state index is 0.0588. The normalized spacial score (nSPS) is 17.6. The molecular weight excluding hydrogens is 202 g/mol. The maximum atomic E-state index is 11.7. The average Bonchev–Trinajstić information content (AvgIpc) is 2.25. The summed E-state index contributed by atoms with van der Waals surface area (Å²) in [5.41, 5.74) is 1.09. The summed E-state index contributed by atoms with van der Waals surface area (Å²) in [6.07, 6.45) is 4.12. The molecule has 1 aromatic heterocycles. The first-order chi connectivity index (χ1) is 7.75. The van der Waals surface area contributed by atoms with E-state index in [1.54, 1.807) is 12.4 Å². The van der Waals surface area contributed by atoms with Crippen LogP contribution in [0.3, 0.4) is 0 Å². The van der Waals surface area contributed by atoms with Crippen LogP contribution in [0, 0.1) is 5.92 Å². The highest BCUT2D eigenvalue weighted by atomic mass is 16.1. The Morgan fingerprint density at radius 1 is 1.56 bits per heavy atom. The molecule has 0 spiro atoms. The van der Waals surface area contributed by atoms with Crippen molar-refractivity contribution in [3.05, 3.63) is 30.1 Å². The van der Waals surface area contributed by atoms with Crippen molar-refractivity contribution in [2.24, 2.45) is 5.92 Å². The predicted molar refractivity (Wildman–Crippen MR) is 61.8 cm³/mol. The molecule has 2 N–H and O–H groups in total. The standard InChI is InChI=1S/C12H17N3O/c1-9(11-2-4-13-5-3-11)15-12(16)6-10-7-14-8-10/h2-5,9-10,14H,6-8H2,1H3,(H,15,16). The molecular formula is C12H17N3O. The summed E-state index contributed by atoms with van der Waals surface area (Å²) in [5, 5.41) is 6.16. The molecule has 0 bridgehead atoms. The SMILES string of the molecule is CC(NC(=O)CC1CNC1)c1ccncc1. The molecule has 0 aliphatic carbocycles. The monoisotopic (exact) mass is 219 g/mol. The summed E-state index contributed by atoms with van der Waals surface area (Å²) >= 11 is 0. The van der Waals surface area contributed by atoms with Crippen LogP contribution in [0.5, 0.6) is 0 Å². The van der Waals surface area contributed by atoms with Gasteiger partial charge in [-0.2, -0.15) is 0 Å². The van der Waals surface area contributed by atoms with E-state index in [0.29, 0.717) is 12.3 Å². The van der Waals surface area contributed by atoms with E-state index in [4.69, 9.17) is 0 Å². The van der Waals surface area contributed by atoms with Gasteiger partial charge < -0.3 is 10.6 Å². The van der Waals surface area contributed by atoms with E-state index >= 15 is 0 Å². The summed E-state index contributed by atoms with van der Waals surface area (Å²) in [5.74, 6) is 0.653. The lowest BCUT2D eigenvalue weighted by atomic mass is 9.98. The Hall–Kier alpha value is -1.42. The van der Waals surface area contributed by atoms with Crippen molar-refractivity contribution in [2.45, 2.75) is 19.4 Å². The van der Waals surface area contributed by atoms with Gasteiger partial charge in [0, 0.05) is 18.8 Å². The van der Waals surface area contributed by atoms with Crippen LogP contribution in [0.2, 0.25) is 0 Å². The number of aromatic nitrogens is 1. The van der Waals surface area contributed by atoms with Gasteiger partial charge in [-0.1, -0.05) is 0 Å². The molecule has 2 heterocycles. The molecule has 86 valence electrons. The van der Waals surface area contributed by atoms with Gasteiger partial charge in [0.05, 0.1) is 6.04 Å². The number of pyridine rings is 1. The van der Waals surface area contributed by atoms with Crippen LogP contribution in [-0.2, 0) is 4.79 Å². The maximum absolute atomic E-state index is 11.7. The van der Waals surface area contributed by atoms with Gasteiger partial charge in [-0.25, -0.2) is 0 Å². The van der Waals surface area contributed by atoms with Crippen molar-refractivity contribution in [1.29, 1.82) is 0 Å². The van der Waals surface area contributed by atoms with Crippen molar-refractivity contribution in [2.75, 3.05) is 13.1 Å². The number of carbonyl (C=O) groups is 1. The Labute approximate surface area is 95.5 Å². The maximum Gasteiger partial charge on any atom is 0.220 e. The predicted octanol–water partition coefficient (Wildman–Crippen LogP) is 0.868. The Kier molecular flexibility index (Phi) is 3.51. The highest BCUT2D eigenvalue weighted by Crippen LogP contribution is 2.12. The number of carbonyl (C=O) groups excluding carboxylic acids is 1.